The van der Waals surface area contributed by atoms with Crippen molar-refractivity contribution < 1.29 is 9.59 Å². The second-order valence-corrected chi connectivity index (χ2v) is 6.00. The van der Waals surface area contributed by atoms with Crippen LogP contribution in [0.15, 0.2) is 29.6 Å². The largest absolute Gasteiger partial charge is 0.344 e. The third-order valence-corrected chi connectivity index (χ3v) is 4.02. The molecule has 2 rings (SSSR count). The van der Waals surface area contributed by atoms with E-state index in [0.717, 1.165) is 12.0 Å². The highest BCUT2D eigenvalue weighted by atomic mass is 35.5. The topological polar surface area (TPSA) is 71.1 Å². The van der Waals surface area contributed by atoms with Crippen molar-refractivity contribution in [3.63, 3.8) is 0 Å². The molecule has 0 radical (unpaired) electrons. The molecule has 0 saturated heterocycles. The molecule has 116 valence electrons. The molecule has 1 aromatic carbocycles. The van der Waals surface area contributed by atoms with Crippen molar-refractivity contribution in [2.24, 2.45) is 0 Å². The third-order valence-electron chi connectivity index (χ3n) is 3.01. The average molecular weight is 338 g/mol. The Balaban J connectivity index is 2.07. The molecular weight excluding hydrogens is 322 g/mol. The number of thiazole rings is 1. The lowest BCUT2D eigenvalue weighted by Crippen LogP contribution is -2.28. The van der Waals surface area contributed by atoms with Gasteiger partial charge in [0.15, 0.2) is 5.13 Å². The predicted octanol–water partition coefficient (Wildman–Crippen LogP) is 3.64. The number of aromatic nitrogens is 1. The second kappa shape index (κ2) is 7.38. The molecule has 0 fully saturated rings. The van der Waals surface area contributed by atoms with E-state index in [-0.39, 0.29) is 17.9 Å². The minimum atomic E-state index is -0.269. The maximum atomic E-state index is 12.2. The van der Waals surface area contributed by atoms with Crippen LogP contribution in [0, 0.1) is 0 Å². The molecule has 0 spiro atoms. The first kappa shape index (κ1) is 16.5. The highest BCUT2D eigenvalue weighted by Crippen LogP contribution is 2.21. The van der Waals surface area contributed by atoms with Crippen molar-refractivity contribution in [2.45, 2.75) is 26.3 Å². The Morgan fingerprint density at radius 2 is 2.00 bits per heavy atom. The fourth-order valence-corrected chi connectivity index (χ4v) is 2.80. The molecule has 0 saturated carbocycles. The molecule has 7 heteroatoms. The summed E-state index contributed by atoms with van der Waals surface area (Å²) in [6.45, 7) is 3.39. The van der Waals surface area contributed by atoms with E-state index in [0.29, 0.717) is 15.8 Å². The van der Waals surface area contributed by atoms with Gasteiger partial charge in [-0.1, -0.05) is 30.7 Å². The molecule has 1 atom stereocenters. The van der Waals surface area contributed by atoms with Crippen LogP contribution in [0.5, 0.6) is 0 Å². The van der Waals surface area contributed by atoms with E-state index >= 15 is 0 Å². The molecule has 0 bridgehead atoms. The van der Waals surface area contributed by atoms with Crippen LogP contribution in [0.25, 0.3) is 0 Å². The number of hydrogen-bond acceptors (Lipinski definition) is 4. The second-order valence-electron chi connectivity index (χ2n) is 4.70. The Kier molecular flexibility index (Phi) is 5.51. The van der Waals surface area contributed by atoms with Crippen LogP contribution in [0.1, 0.15) is 42.4 Å². The number of hydrogen-bond donors (Lipinski definition) is 2. The molecule has 5 nitrogen and oxygen atoms in total. The number of carbonyl (C=O) groups is 2. The molecular formula is C15H16ClN3O2S. The van der Waals surface area contributed by atoms with Crippen molar-refractivity contribution in [2.75, 3.05) is 5.32 Å². The Morgan fingerprint density at radius 3 is 2.59 bits per heavy atom. The first-order valence-electron chi connectivity index (χ1n) is 6.79. The monoisotopic (exact) mass is 337 g/mol. The van der Waals surface area contributed by atoms with E-state index in [1.807, 2.05) is 19.1 Å². The summed E-state index contributed by atoms with van der Waals surface area (Å²) in [5.74, 6) is -0.483. The van der Waals surface area contributed by atoms with Gasteiger partial charge in [0.2, 0.25) is 5.91 Å². The lowest BCUT2D eigenvalue weighted by atomic mass is 10.0. The molecule has 0 aliphatic rings. The number of benzene rings is 1. The van der Waals surface area contributed by atoms with Crippen LogP contribution in [0.2, 0.25) is 5.02 Å². The summed E-state index contributed by atoms with van der Waals surface area (Å²) in [4.78, 5) is 27.3. The van der Waals surface area contributed by atoms with Gasteiger partial charge in [-0.25, -0.2) is 4.98 Å². The van der Waals surface area contributed by atoms with E-state index in [4.69, 9.17) is 11.6 Å². The van der Waals surface area contributed by atoms with Crippen molar-refractivity contribution in [1.29, 1.82) is 0 Å². The van der Waals surface area contributed by atoms with Crippen LogP contribution in [-0.4, -0.2) is 16.8 Å². The Hall–Kier alpha value is -1.92. The number of anilines is 1. The lowest BCUT2D eigenvalue weighted by molar-refractivity contribution is -0.114. The first-order chi connectivity index (χ1) is 10.5. The Bertz CT molecular complexity index is 670. The van der Waals surface area contributed by atoms with Crippen LogP contribution in [-0.2, 0) is 4.79 Å². The first-order valence-corrected chi connectivity index (χ1v) is 8.04. The van der Waals surface area contributed by atoms with Crippen LogP contribution in [0.4, 0.5) is 5.13 Å². The van der Waals surface area contributed by atoms with Gasteiger partial charge in [-0.2, -0.15) is 0 Å². The number of carbonyl (C=O) groups excluding carboxylic acids is 2. The van der Waals surface area contributed by atoms with Gasteiger partial charge in [-0.15, -0.1) is 11.3 Å². The molecule has 0 aliphatic carbocycles. The van der Waals surface area contributed by atoms with E-state index in [1.54, 1.807) is 17.5 Å². The molecule has 2 amide bonds. The fourth-order valence-electron chi connectivity index (χ4n) is 1.93. The smallest absolute Gasteiger partial charge is 0.271 e. The van der Waals surface area contributed by atoms with Gasteiger partial charge in [0.1, 0.15) is 5.69 Å². The van der Waals surface area contributed by atoms with E-state index < -0.39 is 0 Å². The SMILES string of the molecule is CCC(NC(=O)c1csc(NC(C)=O)n1)c1ccc(Cl)cc1. The van der Waals surface area contributed by atoms with Crippen LogP contribution >= 0.6 is 22.9 Å². The molecule has 1 heterocycles. The standard InChI is InChI=1S/C15H16ClN3O2S/c1-3-12(10-4-6-11(16)7-5-10)18-14(21)13-8-22-15(19-13)17-9(2)20/h4-8,12H,3H2,1-2H3,(H,18,21)(H,17,19,20). The summed E-state index contributed by atoms with van der Waals surface area (Å²) in [5.41, 5.74) is 1.28. The highest BCUT2D eigenvalue weighted by molar-refractivity contribution is 7.14. The van der Waals surface area contributed by atoms with E-state index in [1.165, 1.54) is 18.3 Å². The molecule has 0 aliphatic heterocycles. The molecule has 2 aromatic rings. The number of rotatable bonds is 5. The fraction of sp³-hybridized carbons (Fsp3) is 0.267. The quantitative estimate of drug-likeness (QED) is 0.875. The van der Waals surface area contributed by atoms with Gasteiger partial charge in [-0.05, 0) is 24.1 Å². The maximum absolute atomic E-state index is 12.2. The lowest BCUT2D eigenvalue weighted by Gasteiger charge is -2.16. The van der Waals surface area contributed by atoms with Gasteiger partial charge < -0.3 is 10.6 Å². The molecule has 1 aromatic heterocycles. The Labute approximate surface area is 137 Å². The van der Waals surface area contributed by atoms with Crippen molar-refractivity contribution in [3.05, 3.63) is 45.9 Å². The minimum Gasteiger partial charge on any atom is -0.344 e. The number of nitrogens with zero attached hydrogens (tertiary/aromatic N) is 1. The minimum absolute atomic E-state index is 0.115. The summed E-state index contributed by atoms with van der Waals surface area (Å²) in [6, 6.07) is 7.25. The number of nitrogens with one attached hydrogen (secondary N) is 2. The normalized spacial score (nSPS) is 11.8. The average Bonchev–Trinajstić information content (AvgIpc) is 2.93. The maximum Gasteiger partial charge on any atom is 0.271 e. The highest BCUT2D eigenvalue weighted by Gasteiger charge is 2.16. The zero-order chi connectivity index (χ0) is 16.1. The van der Waals surface area contributed by atoms with Crippen molar-refractivity contribution in [1.82, 2.24) is 10.3 Å². The summed E-state index contributed by atoms with van der Waals surface area (Å²) in [5, 5.41) is 8.19. The zero-order valence-corrected chi connectivity index (χ0v) is 13.8. The summed E-state index contributed by atoms with van der Waals surface area (Å²) in [6.07, 6.45) is 0.746. The van der Waals surface area contributed by atoms with E-state index in [9.17, 15) is 9.59 Å². The van der Waals surface area contributed by atoms with Crippen molar-refractivity contribution >= 4 is 39.9 Å². The van der Waals surface area contributed by atoms with Crippen LogP contribution < -0.4 is 10.6 Å². The van der Waals surface area contributed by atoms with Crippen LogP contribution in [0.3, 0.4) is 0 Å². The molecule has 2 N–H and O–H groups in total. The summed E-state index contributed by atoms with van der Waals surface area (Å²) >= 11 is 7.09. The van der Waals surface area contributed by atoms with Gasteiger partial charge in [0, 0.05) is 17.3 Å². The predicted molar refractivity (Wildman–Crippen MR) is 88.4 cm³/mol. The van der Waals surface area contributed by atoms with Crippen molar-refractivity contribution in [3.8, 4) is 0 Å². The number of halogens is 1. The molecule has 1 unspecified atom stereocenters. The van der Waals surface area contributed by atoms with Gasteiger partial charge in [0.25, 0.3) is 5.91 Å². The zero-order valence-electron chi connectivity index (χ0n) is 12.2. The number of amides is 2. The summed E-state index contributed by atoms with van der Waals surface area (Å²) < 4.78 is 0. The Morgan fingerprint density at radius 1 is 1.32 bits per heavy atom. The van der Waals surface area contributed by atoms with Gasteiger partial charge >= 0.3 is 0 Å². The van der Waals surface area contributed by atoms with E-state index in [2.05, 4.69) is 15.6 Å². The molecule has 22 heavy (non-hydrogen) atoms. The third kappa shape index (κ3) is 4.29. The van der Waals surface area contributed by atoms with Gasteiger partial charge in [-0.3, -0.25) is 9.59 Å². The van der Waals surface area contributed by atoms with Gasteiger partial charge in [0.05, 0.1) is 6.04 Å². The summed E-state index contributed by atoms with van der Waals surface area (Å²) in [7, 11) is 0.